The van der Waals surface area contributed by atoms with Crippen LogP contribution >= 0.6 is 0 Å². The van der Waals surface area contributed by atoms with Crippen LogP contribution in [0.5, 0.6) is 5.75 Å². The summed E-state index contributed by atoms with van der Waals surface area (Å²) in [5.41, 5.74) is 1.57. The van der Waals surface area contributed by atoms with Crippen LogP contribution in [0.1, 0.15) is 25.3 Å². The van der Waals surface area contributed by atoms with E-state index >= 15 is 0 Å². The molecule has 35 heavy (non-hydrogen) atoms. The van der Waals surface area contributed by atoms with Gasteiger partial charge >= 0.3 is 0 Å². The van der Waals surface area contributed by atoms with Crippen LogP contribution in [0.25, 0.3) is 0 Å². The fraction of sp³-hybridized carbons (Fsp3) is 0.440. The van der Waals surface area contributed by atoms with Crippen molar-refractivity contribution in [1.29, 1.82) is 0 Å². The quantitative estimate of drug-likeness (QED) is 0.621. The minimum absolute atomic E-state index is 0.0500. The molecular weight excluding hydrogens is 473 g/mol. The smallest absolute Gasteiger partial charge is 0.223 e. The lowest BCUT2D eigenvalue weighted by atomic mass is 10.1. The molecule has 2 aromatic carbocycles. The molecule has 0 saturated carbocycles. The van der Waals surface area contributed by atoms with Crippen molar-refractivity contribution in [1.82, 2.24) is 9.80 Å². The van der Waals surface area contributed by atoms with Gasteiger partial charge in [-0.25, -0.2) is 12.8 Å². The van der Waals surface area contributed by atoms with Gasteiger partial charge in [0.1, 0.15) is 0 Å². The van der Waals surface area contributed by atoms with E-state index in [1.807, 2.05) is 31.3 Å². The van der Waals surface area contributed by atoms with Crippen molar-refractivity contribution < 1.29 is 27.1 Å². The zero-order valence-corrected chi connectivity index (χ0v) is 21.2. The van der Waals surface area contributed by atoms with Gasteiger partial charge in [0.05, 0.1) is 17.8 Å². The number of nitrogens with zero attached hydrogens (tertiary/aromatic N) is 3. The van der Waals surface area contributed by atoms with E-state index in [9.17, 15) is 22.4 Å². The average Bonchev–Trinajstić information content (AvgIpc) is 2.85. The largest absolute Gasteiger partial charge is 0.494 e. The molecule has 0 unspecified atom stereocenters. The number of fused-ring (bicyclic) bond motifs is 1. The molecule has 3 rings (SSSR count). The molecule has 0 N–H and O–H groups in total. The summed E-state index contributed by atoms with van der Waals surface area (Å²) < 4.78 is 44.4. The number of hydrogen-bond acceptors (Lipinski definition) is 6. The van der Waals surface area contributed by atoms with Gasteiger partial charge in [-0.3, -0.25) is 9.59 Å². The zero-order valence-electron chi connectivity index (χ0n) is 20.4. The highest BCUT2D eigenvalue weighted by Gasteiger charge is 2.24. The third-order valence-electron chi connectivity index (χ3n) is 6.12. The molecule has 0 fully saturated rings. The Kier molecular flexibility index (Phi) is 8.85. The summed E-state index contributed by atoms with van der Waals surface area (Å²) in [7, 11) is -0.624. The number of amides is 2. The first kappa shape index (κ1) is 26.6. The second-order valence-corrected chi connectivity index (χ2v) is 10.7. The molecular formula is C25H32FN3O5S. The van der Waals surface area contributed by atoms with Gasteiger partial charge in [-0.05, 0) is 49.8 Å². The van der Waals surface area contributed by atoms with E-state index in [1.54, 1.807) is 9.80 Å². The molecule has 1 aliphatic heterocycles. The lowest BCUT2D eigenvalue weighted by Crippen LogP contribution is -2.38. The van der Waals surface area contributed by atoms with Crippen LogP contribution in [0.4, 0.5) is 10.1 Å². The van der Waals surface area contributed by atoms with E-state index in [4.69, 9.17) is 4.74 Å². The van der Waals surface area contributed by atoms with E-state index in [2.05, 4.69) is 4.90 Å². The van der Waals surface area contributed by atoms with Crippen LogP contribution < -0.4 is 9.64 Å². The monoisotopic (exact) mass is 505 g/mol. The van der Waals surface area contributed by atoms with E-state index in [0.717, 1.165) is 30.3 Å². The number of sulfone groups is 1. The summed E-state index contributed by atoms with van der Waals surface area (Å²) in [5.74, 6) is -1.66. The Bertz CT molecular complexity index is 1170. The Morgan fingerprint density at radius 1 is 1.06 bits per heavy atom. The second kappa shape index (κ2) is 11.6. The van der Waals surface area contributed by atoms with Crippen molar-refractivity contribution in [2.24, 2.45) is 0 Å². The lowest BCUT2D eigenvalue weighted by Gasteiger charge is -2.27. The van der Waals surface area contributed by atoms with Crippen LogP contribution in [0.2, 0.25) is 0 Å². The number of methoxy groups -OCH3 is 1. The third-order valence-corrected chi connectivity index (χ3v) is 7.83. The van der Waals surface area contributed by atoms with Crippen molar-refractivity contribution in [2.45, 2.75) is 31.2 Å². The maximum Gasteiger partial charge on any atom is 0.223 e. The highest BCUT2D eigenvalue weighted by molar-refractivity contribution is 7.91. The summed E-state index contributed by atoms with van der Waals surface area (Å²) in [6, 6.07) is 10.9. The lowest BCUT2D eigenvalue weighted by molar-refractivity contribution is -0.131. The van der Waals surface area contributed by atoms with Gasteiger partial charge < -0.3 is 19.4 Å². The maximum atomic E-state index is 14.0. The SMILES string of the molecule is COc1ccc(S(=O)(=O)CCC(=O)N2CCN(C)CCCN(C(C)=O)c3ccccc3C2)cc1F. The minimum Gasteiger partial charge on any atom is -0.494 e. The van der Waals surface area contributed by atoms with Gasteiger partial charge in [0, 0.05) is 45.2 Å². The van der Waals surface area contributed by atoms with Gasteiger partial charge in [0.25, 0.3) is 0 Å². The standard InChI is InChI=1S/C25H32FN3O5S/c1-19(30)29-13-6-12-27(2)14-15-28(18-20-7-4-5-8-23(20)29)25(31)11-16-35(32,33)21-9-10-24(34-3)22(26)17-21/h4-5,7-10,17H,6,11-16,18H2,1-3H3. The number of anilines is 1. The van der Waals surface area contributed by atoms with Gasteiger partial charge in [-0.1, -0.05) is 18.2 Å². The van der Waals surface area contributed by atoms with Crippen LogP contribution in [-0.2, 0) is 26.0 Å². The van der Waals surface area contributed by atoms with Crippen molar-refractivity contribution >= 4 is 27.3 Å². The Labute approximate surface area is 206 Å². The van der Waals surface area contributed by atoms with Crippen LogP contribution in [0.15, 0.2) is 47.4 Å². The van der Waals surface area contributed by atoms with Crippen LogP contribution in [0.3, 0.4) is 0 Å². The molecule has 0 bridgehead atoms. The molecule has 190 valence electrons. The fourth-order valence-electron chi connectivity index (χ4n) is 4.09. The van der Waals surface area contributed by atoms with Gasteiger partial charge in [0.2, 0.25) is 11.8 Å². The molecule has 10 heteroatoms. The number of carbonyl (C=O) groups is 2. The molecule has 2 amide bonds. The van der Waals surface area contributed by atoms with E-state index in [-0.39, 0.29) is 35.4 Å². The fourth-order valence-corrected chi connectivity index (χ4v) is 5.33. The van der Waals surface area contributed by atoms with E-state index in [1.165, 1.54) is 26.2 Å². The highest BCUT2D eigenvalue weighted by atomic mass is 32.2. The number of likely N-dealkylation sites (N-methyl/N-ethyl adjacent to an activating group) is 1. The molecule has 0 radical (unpaired) electrons. The summed E-state index contributed by atoms with van der Waals surface area (Å²) in [5, 5.41) is 0. The number of hydrogen-bond donors (Lipinski definition) is 0. The number of carbonyl (C=O) groups excluding carboxylic acids is 2. The average molecular weight is 506 g/mol. The minimum atomic E-state index is -3.87. The predicted octanol–water partition coefficient (Wildman–Crippen LogP) is 2.72. The molecule has 0 atom stereocenters. The molecule has 0 spiro atoms. The van der Waals surface area contributed by atoms with Crippen molar-refractivity contribution in [3.8, 4) is 5.75 Å². The van der Waals surface area contributed by atoms with Crippen molar-refractivity contribution in [3.63, 3.8) is 0 Å². The van der Waals surface area contributed by atoms with E-state index < -0.39 is 21.4 Å². The predicted molar refractivity (Wildman–Crippen MR) is 132 cm³/mol. The molecule has 0 aromatic heterocycles. The molecule has 2 aromatic rings. The molecule has 1 aliphatic rings. The van der Waals surface area contributed by atoms with Crippen LogP contribution in [-0.4, -0.2) is 76.1 Å². The van der Waals surface area contributed by atoms with Crippen molar-refractivity contribution in [3.05, 3.63) is 53.8 Å². The number of para-hydroxylation sites is 1. The maximum absolute atomic E-state index is 14.0. The molecule has 0 saturated heterocycles. The Hall–Kier alpha value is -2.98. The molecule has 0 aliphatic carbocycles. The first-order valence-corrected chi connectivity index (χ1v) is 13.2. The first-order valence-electron chi connectivity index (χ1n) is 11.5. The van der Waals surface area contributed by atoms with Gasteiger partial charge in [-0.15, -0.1) is 0 Å². The number of ether oxygens (including phenoxy) is 1. The van der Waals surface area contributed by atoms with Gasteiger partial charge in [-0.2, -0.15) is 0 Å². The van der Waals surface area contributed by atoms with Crippen LogP contribution in [0, 0.1) is 5.82 Å². The van der Waals surface area contributed by atoms with Gasteiger partial charge in [0.15, 0.2) is 21.4 Å². The second-order valence-electron chi connectivity index (χ2n) is 8.64. The van der Waals surface area contributed by atoms with Crippen molar-refractivity contribution in [2.75, 3.05) is 51.0 Å². The zero-order chi connectivity index (χ0) is 25.6. The number of benzene rings is 2. The van der Waals surface area contributed by atoms with E-state index in [0.29, 0.717) is 19.6 Å². The topological polar surface area (TPSA) is 87.2 Å². The summed E-state index contributed by atoms with van der Waals surface area (Å²) in [4.78, 5) is 30.8. The Morgan fingerprint density at radius 2 is 1.80 bits per heavy atom. The summed E-state index contributed by atoms with van der Waals surface area (Å²) in [6.45, 7) is 4.14. The molecule has 1 heterocycles. The first-order chi connectivity index (χ1) is 16.6. The summed E-state index contributed by atoms with van der Waals surface area (Å²) in [6.07, 6.45) is 0.549. The Balaban J connectivity index is 1.81. The number of halogens is 1. The Morgan fingerprint density at radius 3 is 2.49 bits per heavy atom. The third kappa shape index (κ3) is 6.79. The normalized spacial score (nSPS) is 15.8. The highest BCUT2D eigenvalue weighted by Crippen LogP contribution is 2.25. The number of rotatable bonds is 5. The molecule has 8 nitrogen and oxygen atoms in total. The summed E-state index contributed by atoms with van der Waals surface area (Å²) >= 11 is 0.